The Balaban J connectivity index is 2.25. The predicted octanol–water partition coefficient (Wildman–Crippen LogP) is 4.03. The molecule has 0 fully saturated rings. The third-order valence-electron chi connectivity index (χ3n) is 2.87. The van der Waals surface area contributed by atoms with Crippen LogP contribution in [0.1, 0.15) is 26.7 Å². The number of hydrogen-bond donors (Lipinski definition) is 0. The van der Waals surface area contributed by atoms with Gasteiger partial charge in [-0.1, -0.05) is 52.8 Å². The van der Waals surface area contributed by atoms with Crippen molar-refractivity contribution in [2.45, 2.75) is 26.7 Å². The van der Waals surface area contributed by atoms with E-state index >= 15 is 0 Å². The topological polar surface area (TPSA) is 17.1 Å². The number of allylic oxidation sites excluding steroid dienone is 2. The summed E-state index contributed by atoms with van der Waals surface area (Å²) in [5, 5.41) is 2.65. The van der Waals surface area contributed by atoms with E-state index in [0.29, 0.717) is 20.8 Å². The molecule has 0 aromatic heterocycles. The maximum absolute atomic E-state index is 11.9. The van der Waals surface area contributed by atoms with Crippen LogP contribution >= 0.6 is 31.2 Å². The summed E-state index contributed by atoms with van der Waals surface area (Å²) in [5.74, 6) is 0.320. The van der Waals surface area contributed by atoms with Crippen molar-refractivity contribution in [3.63, 3.8) is 0 Å². The lowest BCUT2D eigenvalue weighted by atomic mass is 9.80. The molecule has 0 N–H and O–H groups in total. The zero-order valence-corrected chi connectivity index (χ0v) is 13.2. The lowest BCUT2D eigenvalue weighted by molar-refractivity contribution is -0.117. The molecule has 0 radical (unpaired) electrons. The largest absolute Gasteiger partial charge is 0.294 e. The summed E-state index contributed by atoms with van der Waals surface area (Å²) in [7, 11) is 0.638. The van der Waals surface area contributed by atoms with Gasteiger partial charge in [0.1, 0.15) is 0 Å². The highest BCUT2D eigenvalue weighted by Crippen LogP contribution is 2.45. The minimum Gasteiger partial charge on any atom is -0.294 e. The maximum atomic E-state index is 11.9. The van der Waals surface area contributed by atoms with Crippen LogP contribution in [0.25, 0.3) is 0 Å². The third-order valence-corrected chi connectivity index (χ3v) is 5.99. The smallest absolute Gasteiger partial charge is 0.169 e. The molecular weight excluding hydrogens is 342 g/mol. The van der Waals surface area contributed by atoms with Gasteiger partial charge in [0.2, 0.25) is 0 Å². The molecule has 2 rings (SSSR count). The van der Waals surface area contributed by atoms with Gasteiger partial charge < -0.3 is 0 Å². The molecule has 3 heteroatoms. The Morgan fingerprint density at radius 1 is 1.18 bits per heavy atom. The number of carbonyl (C=O) groups excluding carboxylic acids is 1. The summed E-state index contributed by atoms with van der Waals surface area (Å²) in [6, 6.07) is 10.4. The van der Waals surface area contributed by atoms with Crippen molar-refractivity contribution in [2.75, 3.05) is 0 Å². The van der Waals surface area contributed by atoms with Gasteiger partial charge in [0.25, 0.3) is 0 Å². The first-order valence-electron chi connectivity index (χ1n) is 5.72. The molecule has 1 atom stereocenters. The Kier molecular flexibility index (Phi) is 4.04. The van der Waals surface area contributed by atoms with E-state index < -0.39 is 0 Å². The van der Waals surface area contributed by atoms with Crippen LogP contribution in [0.2, 0.25) is 0 Å². The summed E-state index contributed by atoms with van der Waals surface area (Å²) in [6.45, 7) is 4.37. The lowest BCUT2D eigenvalue weighted by Gasteiger charge is -2.30. The van der Waals surface area contributed by atoms with E-state index in [0.717, 1.165) is 10.0 Å². The first-order chi connectivity index (χ1) is 7.98. The van der Waals surface area contributed by atoms with Crippen molar-refractivity contribution in [3.8, 4) is 0 Å². The molecule has 0 saturated heterocycles. The molecule has 1 nitrogen and oxygen atoms in total. The molecule has 0 amide bonds. The predicted molar refractivity (Wildman–Crippen MR) is 83.5 cm³/mol. The standard InChI is InChI=1S/C14H16IOP/c1-14(2)8-11(16)13(15)12(9-14)17-10-6-4-3-5-7-10/h3-7,17H,8-9H2,1-2H3. The summed E-state index contributed by atoms with van der Waals surface area (Å²) in [5.41, 5.74) is 0.128. The molecule has 17 heavy (non-hydrogen) atoms. The van der Waals surface area contributed by atoms with E-state index in [9.17, 15) is 4.79 Å². The average molecular weight is 358 g/mol. The number of halogens is 1. The summed E-state index contributed by atoms with van der Waals surface area (Å²) >= 11 is 2.23. The SMILES string of the molecule is CC1(C)CC(=O)C(I)=C(Pc2ccccc2)C1. The average Bonchev–Trinajstić information content (AvgIpc) is 2.26. The Hall–Kier alpha value is -0.210. The van der Waals surface area contributed by atoms with E-state index in [1.54, 1.807) is 0 Å². The van der Waals surface area contributed by atoms with Gasteiger partial charge in [0.05, 0.1) is 3.58 Å². The van der Waals surface area contributed by atoms with Crippen molar-refractivity contribution >= 4 is 42.3 Å². The zero-order chi connectivity index (χ0) is 12.5. The van der Waals surface area contributed by atoms with Crippen LogP contribution in [-0.2, 0) is 4.79 Å². The van der Waals surface area contributed by atoms with Crippen LogP contribution in [0.5, 0.6) is 0 Å². The number of carbonyl (C=O) groups is 1. The quantitative estimate of drug-likeness (QED) is 0.577. The summed E-state index contributed by atoms with van der Waals surface area (Å²) < 4.78 is 0.976. The zero-order valence-electron chi connectivity index (χ0n) is 10.1. The van der Waals surface area contributed by atoms with Crippen LogP contribution in [0.15, 0.2) is 39.2 Å². The molecule has 1 aromatic rings. The van der Waals surface area contributed by atoms with E-state index in [1.807, 2.05) is 6.07 Å². The Labute approximate surface area is 118 Å². The highest BCUT2D eigenvalue weighted by molar-refractivity contribution is 14.1. The van der Waals surface area contributed by atoms with E-state index in [-0.39, 0.29) is 5.41 Å². The van der Waals surface area contributed by atoms with Crippen molar-refractivity contribution in [2.24, 2.45) is 5.41 Å². The molecular formula is C14H16IOP. The number of benzene rings is 1. The minimum absolute atomic E-state index is 0.128. The van der Waals surface area contributed by atoms with E-state index in [1.165, 1.54) is 10.6 Å². The van der Waals surface area contributed by atoms with Gasteiger partial charge in [-0.3, -0.25) is 4.79 Å². The summed E-state index contributed by atoms with van der Waals surface area (Å²) in [4.78, 5) is 11.9. The van der Waals surface area contributed by atoms with Crippen LogP contribution in [0.3, 0.4) is 0 Å². The second-order valence-corrected chi connectivity index (χ2v) is 7.73. The van der Waals surface area contributed by atoms with Gasteiger partial charge in [-0.15, -0.1) is 0 Å². The fourth-order valence-corrected chi connectivity index (χ4v) is 4.40. The van der Waals surface area contributed by atoms with Crippen molar-refractivity contribution in [1.82, 2.24) is 0 Å². The molecule has 0 spiro atoms. The van der Waals surface area contributed by atoms with Gasteiger partial charge in [0.15, 0.2) is 5.78 Å². The second-order valence-electron chi connectivity index (χ2n) is 5.22. The number of rotatable bonds is 2. The monoisotopic (exact) mass is 358 g/mol. The van der Waals surface area contributed by atoms with Crippen molar-refractivity contribution in [1.29, 1.82) is 0 Å². The normalized spacial score (nSPS) is 20.3. The first kappa shape index (κ1) is 13.2. The highest BCUT2D eigenvalue weighted by atomic mass is 127. The van der Waals surface area contributed by atoms with Crippen molar-refractivity contribution < 1.29 is 4.79 Å². The Bertz CT molecular complexity index is 462. The highest BCUT2D eigenvalue weighted by Gasteiger charge is 2.31. The molecule has 1 aliphatic rings. The molecule has 0 bridgehead atoms. The van der Waals surface area contributed by atoms with Gasteiger partial charge in [-0.05, 0) is 45.0 Å². The van der Waals surface area contributed by atoms with Gasteiger partial charge in [0, 0.05) is 6.42 Å². The molecule has 1 aromatic carbocycles. The molecule has 0 saturated carbocycles. The molecule has 0 aliphatic heterocycles. The lowest BCUT2D eigenvalue weighted by Crippen LogP contribution is -2.23. The molecule has 1 unspecified atom stereocenters. The number of ketones is 1. The van der Waals surface area contributed by atoms with Gasteiger partial charge in [-0.25, -0.2) is 0 Å². The molecule has 90 valence electrons. The van der Waals surface area contributed by atoms with E-state index in [4.69, 9.17) is 0 Å². The number of hydrogen-bond acceptors (Lipinski definition) is 1. The van der Waals surface area contributed by atoms with Crippen molar-refractivity contribution in [3.05, 3.63) is 39.2 Å². The number of Topliss-reactive ketones (excluding diaryl/α,β-unsaturated/α-hetero) is 1. The fraction of sp³-hybridized carbons (Fsp3) is 0.357. The Morgan fingerprint density at radius 2 is 1.82 bits per heavy atom. The summed E-state index contributed by atoms with van der Waals surface area (Å²) in [6.07, 6.45) is 1.73. The van der Waals surface area contributed by atoms with Crippen LogP contribution in [0.4, 0.5) is 0 Å². The molecule has 0 heterocycles. The van der Waals surface area contributed by atoms with Crippen LogP contribution in [0, 0.1) is 5.41 Å². The van der Waals surface area contributed by atoms with Gasteiger partial charge in [-0.2, -0.15) is 0 Å². The van der Waals surface area contributed by atoms with E-state index in [2.05, 4.69) is 60.7 Å². The molecule has 1 aliphatic carbocycles. The first-order valence-corrected chi connectivity index (χ1v) is 7.80. The van der Waals surface area contributed by atoms with Gasteiger partial charge >= 0.3 is 0 Å². The maximum Gasteiger partial charge on any atom is 0.169 e. The minimum atomic E-state index is 0.128. The Morgan fingerprint density at radius 3 is 2.47 bits per heavy atom. The fourth-order valence-electron chi connectivity index (χ4n) is 2.09. The second kappa shape index (κ2) is 5.19. The third kappa shape index (κ3) is 3.38. The van der Waals surface area contributed by atoms with Crippen LogP contribution < -0.4 is 5.30 Å². The van der Waals surface area contributed by atoms with Crippen LogP contribution in [-0.4, -0.2) is 5.78 Å².